The second-order valence-electron chi connectivity index (χ2n) is 6.72. The van der Waals surface area contributed by atoms with Gasteiger partial charge in [0.1, 0.15) is 5.71 Å². The number of carbonyl (C=O) groups excluding carboxylic acids is 1. The molecule has 0 saturated carbocycles. The Labute approximate surface area is 163 Å². The fraction of sp³-hybridized carbons (Fsp3) is 0.579. The number of carbonyl (C=O) groups is 1. The molecule has 0 N–H and O–H groups in total. The molecule has 1 aromatic rings. The van der Waals surface area contributed by atoms with Crippen molar-refractivity contribution in [3.8, 4) is 0 Å². The Kier molecular flexibility index (Phi) is 5.11. The molecule has 0 bridgehead atoms. The number of hydroxylamine groups is 2. The topological polar surface area (TPSA) is 88.1 Å². The van der Waals surface area contributed by atoms with Crippen molar-refractivity contribution in [2.24, 2.45) is 5.16 Å². The molecule has 2 fully saturated rings. The molecule has 1 aromatic carbocycles. The Morgan fingerprint density at radius 3 is 2.39 bits per heavy atom. The monoisotopic (exact) mass is 392 g/mol. The van der Waals surface area contributed by atoms with Crippen LogP contribution in [0.5, 0.6) is 0 Å². The minimum atomic E-state index is -1.49. The largest absolute Gasteiger partial charge is 0.466 e. The van der Waals surface area contributed by atoms with Crippen molar-refractivity contribution in [2.45, 2.75) is 50.4 Å². The number of rotatable bonds is 6. The third-order valence-corrected chi connectivity index (χ3v) is 5.27. The highest BCUT2D eigenvalue weighted by Crippen LogP contribution is 2.54. The molecule has 28 heavy (non-hydrogen) atoms. The summed E-state index contributed by atoms with van der Waals surface area (Å²) in [6.45, 7) is 4.54. The standard InChI is InChI=1S/C19H24N2O7/c1-4-24-14-11-18-16(13-9-7-6-8-10-13)20-28-19(18,17(22)23-3)12-15(25-5-2)27-21(18)26-14/h6-10,14-15H,4-5,11-12H2,1-3H3/t14-,15+,18+,19-/m1/s1. The SMILES string of the molecule is CCO[C@H]1C[C@]23C(c4ccccc4)=NO[C@@]2(C(=O)OC)C[C@@H](OCC)ON3O1. The lowest BCUT2D eigenvalue weighted by Crippen LogP contribution is -2.71. The van der Waals surface area contributed by atoms with E-state index in [9.17, 15) is 4.79 Å². The third-order valence-electron chi connectivity index (χ3n) is 5.27. The van der Waals surface area contributed by atoms with Crippen LogP contribution in [0, 0.1) is 0 Å². The van der Waals surface area contributed by atoms with E-state index in [2.05, 4.69) is 5.16 Å². The first kappa shape index (κ1) is 19.3. The highest BCUT2D eigenvalue weighted by atomic mass is 17.0. The van der Waals surface area contributed by atoms with Crippen molar-refractivity contribution in [1.82, 2.24) is 5.23 Å². The summed E-state index contributed by atoms with van der Waals surface area (Å²) in [6, 6.07) is 9.47. The summed E-state index contributed by atoms with van der Waals surface area (Å²) in [5.74, 6) is -0.569. The molecule has 0 aliphatic carbocycles. The minimum Gasteiger partial charge on any atom is -0.466 e. The summed E-state index contributed by atoms with van der Waals surface area (Å²) >= 11 is 0. The lowest BCUT2D eigenvalue weighted by molar-refractivity contribution is -0.472. The molecule has 1 spiro atoms. The predicted molar refractivity (Wildman–Crippen MR) is 95.6 cm³/mol. The minimum absolute atomic E-state index is 0.103. The van der Waals surface area contributed by atoms with Gasteiger partial charge < -0.3 is 19.0 Å². The summed E-state index contributed by atoms with van der Waals surface area (Å²) in [6.07, 6.45) is -1.01. The first-order chi connectivity index (χ1) is 13.6. The van der Waals surface area contributed by atoms with Crippen LogP contribution in [0.2, 0.25) is 0 Å². The van der Waals surface area contributed by atoms with Gasteiger partial charge in [-0.15, -0.1) is 0 Å². The number of hydrogen-bond donors (Lipinski definition) is 0. The summed E-state index contributed by atoms with van der Waals surface area (Å²) in [4.78, 5) is 30.7. The van der Waals surface area contributed by atoms with E-state index in [0.29, 0.717) is 18.9 Å². The summed E-state index contributed by atoms with van der Waals surface area (Å²) < 4.78 is 16.4. The highest BCUT2D eigenvalue weighted by Gasteiger charge is 2.77. The molecule has 152 valence electrons. The number of esters is 1. The maximum atomic E-state index is 13.0. The van der Waals surface area contributed by atoms with Gasteiger partial charge in [0.2, 0.25) is 0 Å². The lowest BCUT2D eigenvalue weighted by Gasteiger charge is -2.47. The quantitative estimate of drug-likeness (QED) is 0.677. The summed E-state index contributed by atoms with van der Waals surface area (Å²) in [5.41, 5.74) is -1.35. The van der Waals surface area contributed by atoms with Crippen molar-refractivity contribution in [2.75, 3.05) is 20.3 Å². The van der Waals surface area contributed by atoms with Gasteiger partial charge in [0, 0.05) is 25.2 Å². The van der Waals surface area contributed by atoms with E-state index in [-0.39, 0.29) is 12.8 Å². The average Bonchev–Trinajstić information content (AvgIpc) is 3.24. The Balaban J connectivity index is 1.84. The van der Waals surface area contributed by atoms with Crippen LogP contribution in [0.15, 0.2) is 35.5 Å². The highest BCUT2D eigenvalue weighted by molar-refractivity contribution is 6.12. The second-order valence-corrected chi connectivity index (χ2v) is 6.72. The van der Waals surface area contributed by atoms with Crippen LogP contribution in [0.1, 0.15) is 32.3 Å². The normalized spacial score (nSPS) is 34.3. The average molecular weight is 392 g/mol. The van der Waals surface area contributed by atoms with Crippen molar-refractivity contribution in [1.29, 1.82) is 0 Å². The number of hydrogen-bond acceptors (Lipinski definition) is 9. The first-order valence-electron chi connectivity index (χ1n) is 9.38. The number of nitrogens with zero attached hydrogens (tertiary/aromatic N) is 2. The van der Waals surface area contributed by atoms with Gasteiger partial charge in [-0.2, -0.15) is 0 Å². The van der Waals surface area contributed by atoms with E-state index >= 15 is 0 Å². The van der Waals surface area contributed by atoms with Gasteiger partial charge >= 0.3 is 5.97 Å². The molecule has 4 rings (SSSR count). The molecule has 0 aromatic heterocycles. The zero-order valence-electron chi connectivity index (χ0n) is 16.1. The van der Waals surface area contributed by atoms with Crippen LogP contribution in [-0.4, -0.2) is 61.0 Å². The number of ether oxygens (including phenoxy) is 3. The van der Waals surface area contributed by atoms with E-state index in [1.807, 2.05) is 44.2 Å². The molecule has 9 heteroatoms. The first-order valence-corrected chi connectivity index (χ1v) is 9.38. The molecule has 2 saturated heterocycles. The van der Waals surface area contributed by atoms with Crippen LogP contribution >= 0.6 is 0 Å². The van der Waals surface area contributed by atoms with Gasteiger partial charge in [0.15, 0.2) is 18.1 Å². The van der Waals surface area contributed by atoms with Crippen LogP contribution in [0.4, 0.5) is 0 Å². The molecule has 3 aliphatic heterocycles. The molecule has 3 heterocycles. The predicted octanol–water partition coefficient (Wildman–Crippen LogP) is 1.77. The Bertz CT molecular complexity index is 758. The van der Waals surface area contributed by atoms with Crippen molar-refractivity contribution >= 4 is 11.7 Å². The zero-order valence-corrected chi connectivity index (χ0v) is 16.1. The van der Waals surface area contributed by atoms with E-state index in [0.717, 1.165) is 5.56 Å². The molecule has 0 radical (unpaired) electrons. The fourth-order valence-electron chi connectivity index (χ4n) is 4.10. The summed E-state index contributed by atoms with van der Waals surface area (Å²) in [7, 11) is 1.32. The number of methoxy groups -OCH3 is 1. The van der Waals surface area contributed by atoms with Gasteiger partial charge in [-0.05, 0) is 19.1 Å². The number of oxime groups is 1. The van der Waals surface area contributed by atoms with Crippen LogP contribution < -0.4 is 0 Å². The van der Waals surface area contributed by atoms with E-state index in [4.69, 9.17) is 28.7 Å². The Hall–Kier alpha value is -2.04. The maximum absolute atomic E-state index is 13.0. The smallest absolute Gasteiger partial charge is 0.355 e. The lowest BCUT2D eigenvalue weighted by atomic mass is 9.70. The maximum Gasteiger partial charge on any atom is 0.355 e. The van der Waals surface area contributed by atoms with Gasteiger partial charge in [-0.25, -0.2) is 14.5 Å². The zero-order chi connectivity index (χ0) is 19.8. The molecule has 0 amide bonds. The van der Waals surface area contributed by atoms with Crippen LogP contribution in [-0.2, 0) is 33.5 Å². The van der Waals surface area contributed by atoms with Crippen LogP contribution in [0.3, 0.4) is 0 Å². The number of benzene rings is 1. The molecule has 0 unspecified atom stereocenters. The molecule has 9 nitrogen and oxygen atoms in total. The molecule has 4 atom stereocenters. The van der Waals surface area contributed by atoms with Gasteiger partial charge in [-0.1, -0.05) is 35.5 Å². The Morgan fingerprint density at radius 1 is 1.14 bits per heavy atom. The molecule has 3 aliphatic rings. The summed E-state index contributed by atoms with van der Waals surface area (Å²) in [5, 5.41) is 5.59. The molecular formula is C19H24N2O7. The third kappa shape index (κ3) is 2.66. The van der Waals surface area contributed by atoms with E-state index < -0.39 is 29.7 Å². The second kappa shape index (κ2) is 7.41. The molecular weight excluding hydrogens is 368 g/mol. The van der Waals surface area contributed by atoms with E-state index in [1.54, 1.807) is 0 Å². The van der Waals surface area contributed by atoms with Gasteiger partial charge in [0.25, 0.3) is 5.60 Å². The van der Waals surface area contributed by atoms with E-state index in [1.165, 1.54) is 12.3 Å². The van der Waals surface area contributed by atoms with Crippen molar-refractivity contribution in [3.63, 3.8) is 0 Å². The van der Waals surface area contributed by atoms with Gasteiger partial charge in [-0.3, -0.25) is 0 Å². The van der Waals surface area contributed by atoms with Crippen LogP contribution in [0.25, 0.3) is 0 Å². The van der Waals surface area contributed by atoms with Crippen molar-refractivity contribution in [3.05, 3.63) is 35.9 Å². The Morgan fingerprint density at radius 2 is 1.79 bits per heavy atom. The van der Waals surface area contributed by atoms with Crippen molar-refractivity contribution < 1.29 is 33.5 Å². The fourth-order valence-corrected chi connectivity index (χ4v) is 4.10. The van der Waals surface area contributed by atoms with Gasteiger partial charge in [0.05, 0.1) is 13.5 Å².